The third-order valence-corrected chi connectivity index (χ3v) is 6.47. The van der Waals surface area contributed by atoms with Crippen LogP contribution in [0.15, 0.2) is 58.0 Å². The Morgan fingerprint density at radius 1 is 0.735 bits per heavy atom. The number of nitrogens with zero attached hydrogens (tertiary/aromatic N) is 4. The Labute approximate surface area is 207 Å². The molecule has 4 aromatic rings. The maximum atomic E-state index is 5.21. The van der Waals surface area contributed by atoms with E-state index in [1.807, 2.05) is 29.0 Å². The fraction of sp³-hybridized carbons (Fsp3) is 0.333. The molecule has 2 unspecified atom stereocenters. The van der Waals surface area contributed by atoms with Crippen molar-refractivity contribution in [2.75, 3.05) is 28.4 Å². The molecule has 180 valence electrons. The molecular weight excluding hydrogens is 472 g/mol. The van der Waals surface area contributed by atoms with E-state index in [1.165, 1.54) is 19.1 Å². The Balaban J connectivity index is 0.000000179. The van der Waals surface area contributed by atoms with Crippen molar-refractivity contribution < 1.29 is 18.9 Å². The third kappa shape index (κ3) is 7.13. The maximum Gasteiger partial charge on any atom is 0.319 e. The van der Waals surface area contributed by atoms with Crippen LogP contribution in [-0.4, -0.2) is 48.4 Å². The zero-order valence-electron chi connectivity index (χ0n) is 19.6. The van der Waals surface area contributed by atoms with E-state index in [9.17, 15) is 0 Å². The molecule has 4 heterocycles. The first kappa shape index (κ1) is 25.4. The third-order valence-electron chi connectivity index (χ3n) is 5.14. The fourth-order valence-corrected chi connectivity index (χ4v) is 4.49. The monoisotopic (exact) mass is 500 g/mol. The molecule has 8 nitrogen and oxygen atoms in total. The van der Waals surface area contributed by atoms with Crippen LogP contribution < -0.4 is 18.9 Å². The zero-order chi connectivity index (χ0) is 24.2. The van der Waals surface area contributed by atoms with Crippen molar-refractivity contribution in [2.24, 2.45) is 0 Å². The van der Waals surface area contributed by atoms with Gasteiger partial charge < -0.3 is 18.9 Å². The predicted octanol–water partition coefficient (Wildman–Crippen LogP) is 5.46. The molecule has 0 saturated heterocycles. The molecule has 0 N–H and O–H groups in total. The average Bonchev–Trinajstić information content (AvgIpc) is 3.61. The highest BCUT2D eigenvalue weighted by Crippen LogP contribution is 2.49. The number of hydrogen-bond donors (Lipinski definition) is 0. The highest BCUT2D eigenvalue weighted by molar-refractivity contribution is 7.08. The Kier molecular flexibility index (Phi) is 10.1. The minimum Gasteiger partial charge on any atom is -0.481 e. The number of ether oxygens (including phenoxy) is 4. The molecule has 0 aromatic carbocycles. The van der Waals surface area contributed by atoms with Crippen LogP contribution >= 0.6 is 22.7 Å². The topological polar surface area (TPSA) is 88.5 Å². The smallest absolute Gasteiger partial charge is 0.319 e. The van der Waals surface area contributed by atoms with Gasteiger partial charge in [0.15, 0.2) is 0 Å². The second-order valence-electron chi connectivity index (χ2n) is 7.05. The first-order chi connectivity index (χ1) is 16.7. The summed E-state index contributed by atoms with van der Waals surface area (Å²) < 4.78 is 19.9. The first-order valence-corrected chi connectivity index (χ1v) is 12.4. The Morgan fingerprint density at radius 2 is 1.44 bits per heavy atom. The number of rotatable bonds is 6. The van der Waals surface area contributed by atoms with E-state index in [1.54, 1.807) is 56.3 Å². The van der Waals surface area contributed by atoms with Crippen molar-refractivity contribution in [3.8, 4) is 23.8 Å². The Hall–Kier alpha value is -3.24. The van der Waals surface area contributed by atoms with E-state index in [4.69, 9.17) is 18.9 Å². The van der Waals surface area contributed by atoms with Gasteiger partial charge in [-0.25, -0.2) is 4.98 Å². The van der Waals surface area contributed by atoms with Gasteiger partial charge in [-0.15, -0.1) is 0 Å². The van der Waals surface area contributed by atoms with Crippen molar-refractivity contribution in [1.82, 2.24) is 19.9 Å². The molecule has 1 aliphatic carbocycles. The van der Waals surface area contributed by atoms with E-state index < -0.39 is 0 Å². The molecule has 5 rings (SSSR count). The summed E-state index contributed by atoms with van der Waals surface area (Å²) in [5.74, 6) is 2.08. The van der Waals surface area contributed by atoms with Gasteiger partial charge in [0, 0.05) is 24.2 Å². The van der Waals surface area contributed by atoms with Gasteiger partial charge in [0.2, 0.25) is 11.8 Å². The van der Waals surface area contributed by atoms with Crippen LogP contribution in [0.25, 0.3) is 0 Å². The van der Waals surface area contributed by atoms with Gasteiger partial charge >= 0.3 is 12.0 Å². The minimum absolute atomic E-state index is 0.319. The van der Waals surface area contributed by atoms with Crippen molar-refractivity contribution in [1.29, 1.82) is 0 Å². The molecule has 10 heteroatoms. The number of aromatic nitrogens is 4. The summed E-state index contributed by atoms with van der Waals surface area (Å²) in [5, 5.41) is 8.44. The largest absolute Gasteiger partial charge is 0.481 e. The summed E-state index contributed by atoms with van der Waals surface area (Å²) in [5.41, 5.74) is 2.43. The summed E-state index contributed by atoms with van der Waals surface area (Å²) in [6, 6.07) is 10.5. The molecule has 0 spiro atoms. The highest BCUT2D eigenvalue weighted by Gasteiger charge is 2.35. The zero-order valence-corrected chi connectivity index (χ0v) is 21.2. The van der Waals surface area contributed by atoms with E-state index in [-0.39, 0.29) is 0 Å². The van der Waals surface area contributed by atoms with Crippen LogP contribution in [0.5, 0.6) is 23.8 Å². The molecule has 1 fully saturated rings. The fourth-order valence-electron chi connectivity index (χ4n) is 3.31. The summed E-state index contributed by atoms with van der Waals surface area (Å²) >= 11 is 3.46. The molecular formula is C24H28N4O4S2. The van der Waals surface area contributed by atoms with Crippen molar-refractivity contribution in [3.05, 3.63) is 69.3 Å². The Bertz CT molecular complexity index is 1040. The van der Waals surface area contributed by atoms with Crippen LogP contribution in [-0.2, 0) is 0 Å². The van der Waals surface area contributed by atoms with Gasteiger partial charge in [-0.2, -0.15) is 37.6 Å². The first-order valence-electron chi connectivity index (χ1n) is 10.6. The summed E-state index contributed by atoms with van der Waals surface area (Å²) in [6.07, 6.45) is 3.95. The van der Waals surface area contributed by atoms with Crippen LogP contribution in [0.1, 0.15) is 35.9 Å². The van der Waals surface area contributed by atoms with Gasteiger partial charge in [-0.3, -0.25) is 0 Å². The van der Waals surface area contributed by atoms with E-state index in [0.717, 1.165) is 12.1 Å². The summed E-state index contributed by atoms with van der Waals surface area (Å²) in [4.78, 5) is 16.3. The predicted molar refractivity (Wildman–Crippen MR) is 134 cm³/mol. The lowest BCUT2D eigenvalue weighted by molar-refractivity contribution is 0.318. The van der Waals surface area contributed by atoms with Gasteiger partial charge in [-0.05, 0) is 51.9 Å². The summed E-state index contributed by atoms with van der Waals surface area (Å²) in [6.45, 7) is 0. The SMILES string of the molecule is COc1cc(C2CCC2c2ccsc2)nc(OC)n1.COc1ccnc(OC)n1.c1ccsc1. The lowest BCUT2D eigenvalue weighted by Crippen LogP contribution is -2.22. The van der Waals surface area contributed by atoms with Gasteiger partial charge in [-0.1, -0.05) is 12.1 Å². The van der Waals surface area contributed by atoms with Crippen molar-refractivity contribution in [3.63, 3.8) is 0 Å². The Morgan fingerprint density at radius 3 is 1.97 bits per heavy atom. The van der Waals surface area contributed by atoms with E-state index in [0.29, 0.717) is 35.6 Å². The maximum absolute atomic E-state index is 5.21. The van der Waals surface area contributed by atoms with E-state index in [2.05, 4.69) is 36.8 Å². The number of methoxy groups -OCH3 is 4. The number of thiophene rings is 2. The molecule has 1 aliphatic rings. The highest BCUT2D eigenvalue weighted by atomic mass is 32.1. The normalized spacial score (nSPS) is 16.0. The van der Waals surface area contributed by atoms with Gasteiger partial charge in [0.05, 0.1) is 34.1 Å². The van der Waals surface area contributed by atoms with E-state index >= 15 is 0 Å². The van der Waals surface area contributed by atoms with Crippen LogP contribution in [0, 0.1) is 0 Å². The van der Waals surface area contributed by atoms with Crippen LogP contribution in [0.3, 0.4) is 0 Å². The van der Waals surface area contributed by atoms with Crippen molar-refractivity contribution in [2.45, 2.75) is 24.7 Å². The van der Waals surface area contributed by atoms with Gasteiger partial charge in [0.25, 0.3) is 0 Å². The molecule has 0 aliphatic heterocycles. The quantitative estimate of drug-likeness (QED) is 0.345. The molecule has 1 saturated carbocycles. The standard InChI is InChI=1S/C14H16N2O2S.C6H8N2O2.C4H4S/c1-17-13-7-12(15-14(16-13)18-2)11-4-3-10(11)9-5-6-19-8-9;1-9-5-3-4-7-6(8-5)10-2;1-2-4-5-3-1/h5-8,10-11H,3-4H2,1-2H3;3-4H,1-2H3;1-4H. The molecule has 0 bridgehead atoms. The number of hydrogen-bond acceptors (Lipinski definition) is 10. The minimum atomic E-state index is 0.319. The van der Waals surface area contributed by atoms with Crippen molar-refractivity contribution >= 4 is 22.7 Å². The second-order valence-corrected chi connectivity index (χ2v) is 8.64. The molecule has 0 radical (unpaired) electrons. The molecule has 4 aromatic heterocycles. The molecule has 34 heavy (non-hydrogen) atoms. The lowest BCUT2D eigenvalue weighted by Gasteiger charge is -2.36. The summed E-state index contributed by atoms with van der Waals surface area (Å²) in [7, 11) is 6.24. The lowest BCUT2D eigenvalue weighted by atomic mass is 9.69. The molecule has 0 amide bonds. The van der Waals surface area contributed by atoms with Crippen LogP contribution in [0.4, 0.5) is 0 Å². The average molecular weight is 501 g/mol. The van der Waals surface area contributed by atoms with Crippen LogP contribution in [0.2, 0.25) is 0 Å². The second kappa shape index (κ2) is 13.5. The molecule has 2 atom stereocenters. The van der Waals surface area contributed by atoms with Gasteiger partial charge in [0.1, 0.15) is 0 Å².